The van der Waals surface area contributed by atoms with Gasteiger partial charge in [0.2, 0.25) is 0 Å². The number of ether oxygens (including phenoxy) is 1. The van der Waals surface area contributed by atoms with Gasteiger partial charge in [-0.1, -0.05) is 142 Å². The highest BCUT2D eigenvalue weighted by molar-refractivity contribution is 5.82. The molecule has 188 valence electrons. The van der Waals surface area contributed by atoms with Crippen LogP contribution in [0.4, 0.5) is 0 Å². The van der Waals surface area contributed by atoms with E-state index in [4.69, 9.17) is 4.74 Å². The Labute approximate surface area is 201 Å². The van der Waals surface area contributed by atoms with Crippen LogP contribution >= 0.6 is 0 Å². The summed E-state index contributed by atoms with van der Waals surface area (Å²) >= 11 is 0. The van der Waals surface area contributed by atoms with Gasteiger partial charge in [-0.2, -0.15) is 0 Å². The van der Waals surface area contributed by atoms with E-state index < -0.39 is 0 Å². The summed E-state index contributed by atoms with van der Waals surface area (Å²) in [7, 11) is 0. The number of hydrogen-bond donors (Lipinski definition) is 0. The van der Waals surface area contributed by atoms with Gasteiger partial charge in [-0.15, -0.1) is 0 Å². The Bertz CT molecular complexity index is 425. The Morgan fingerprint density at radius 3 is 1.25 bits per heavy atom. The molecule has 0 aliphatic rings. The van der Waals surface area contributed by atoms with Crippen molar-refractivity contribution in [3.05, 3.63) is 24.5 Å². The van der Waals surface area contributed by atoms with E-state index in [9.17, 15) is 4.79 Å². The molecule has 0 amide bonds. The van der Waals surface area contributed by atoms with Gasteiger partial charge in [-0.3, -0.25) is 0 Å². The molecule has 0 heterocycles. The fourth-order valence-corrected chi connectivity index (χ4v) is 4.08. The highest BCUT2D eigenvalue weighted by atomic mass is 16.5. The molecule has 0 bridgehead atoms. The van der Waals surface area contributed by atoms with Gasteiger partial charge in [-0.05, 0) is 31.8 Å². The summed E-state index contributed by atoms with van der Waals surface area (Å²) in [6.45, 7) is 4.54. The predicted molar refractivity (Wildman–Crippen MR) is 142 cm³/mol. The van der Waals surface area contributed by atoms with Crippen LogP contribution in [0.2, 0.25) is 0 Å². The number of rotatable bonds is 25. The molecule has 0 aliphatic heterocycles. The Balaban J connectivity index is 3.30. The first-order chi connectivity index (χ1) is 15.8. The Kier molecular flexibility index (Phi) is 27.1. The smallest absolute Gasteiger partial charge is 0.335 e. The van der Waals surface area contributed by atoms with Crippen molar-refractivity contribution in [1.82, 2.24) is 0 Å². The second kappa shape index (κ2) is 28.0. The molecular weight excluding hydrogens is 392 g/mol. The van der Waals surface area contributed by atoms with Crippen LogP contribution in [-0.4, -0.2) is 5.97 Å². The Morgan fingerprint density at radius 1 is 0.500 bits per heavy atom. The standard InChI is InChI=1S/C30H56O2/c1-3-5-7-9-11-13-15-16-17-18-19-20-22-24-26-28-30(31)32-29-27-25-23-21-14-12-10-8-6-4-2/h26-29H,3-25H2,1-2H3. The van der Waals surface area contributed by atoms with E-state index >= 15 is 0 Å². The maximum atomic E-state index is 11.7. The lowest BCUT2D eigenvalue weighted by atomic mass is 10.0. The second-order valence-electron chi connectivity index (χ2n) is 9.51. The van der Waals surface area contributed by atoms with Crippen LogP contribution < -0.4 is 0 Å². The minimum Gasteiger partial charge on any atom is -0.432 e. The highest BCUT2D eigenvalue weighted by Gasteiger charge is 1.95. The molecule has 0 spiro atoms. The first kappa shape index (κ1) is 30.9. The first-order valence-electron chi connectivity index (χ1n) is 14.3. The summed E-state index contributed by atoms with van der Waals surface area (Å²) in [5, 5.41) is 0. The maximum absolute atomic E-state index is 11.7. The lowest BCUT2D eigenvalue weighted by Crippen LogP contribution is -1.93. The van der Waals surface area contributed by atoms with Crippen molar-refractivity contribution >= 4 is 5.97 Å². The fraction of sp³-hybridized carbons (Fsp3) is 0.833. The zero-order chi connectivity index (χ0) is 23.4. The van der Waals surface area contributed by atoms with Crippen molar-refractivity contribution in [3.8, 4) is 0 Å². The summed E-state index contributed by atoms with van der Waals surface area (Å²) < 4.78 is 5.13. The molecule has 0 unspecified atom stereocenters. The van der Waals surface area contributed by atoms with Crippen molar-refractivity contribution in [1.29, 1.82) is 0 Å². The SMILES string of the molecule is CCCCCCCCCCC=COC(=O)C=CCCCCCCCCCCCCCCC. The van der Waals surface area contributed by atoms with E-state index in [0.29, 0.717) is 0 Å². The van der Waals surface area contributed by atoms with Crippen LogP contribution in [0.15, 0.2) is 24.5 Å². The van der Waals surface area contributed by atoms with E-state index in [1.807, 2.05) is 12.2 Å². The molecule has 0 atom stereocenters. The summed E-state index contributed by atoms with van der Waals surface area (Å²) in [5.41, 5.74) is 0. The summed E-state index contributed by atoms with van der Waals surface area (Å²) in [6.07, 6.45) is 37.6. The van der Waals surface area contributed by atoms with Crippen molar-refractivity contribution < 1.29 is 9.53 Å². The van der Waals surface area contributed by atoms with Gasteiger partial charge in [0.05, 0.1) is 6.26 Å². The molecule has 0 aromatic heterocycles. The summed E-state index contributed by atoms with van der Waals surface area (Å²) in [6, 6.07) is 0. The zero-order valence-electron chi connectivity index (χ0n) is 21.9. The third-order valence-corrected chi connectivity index (χ3v) is 6.23. The van der Waals surface area contributed by atoms with Gasteiger partial charge in [0, 0.05) is 6.08 Å². The number of hydrogen-bond acceptors (Lipinski definition) is 2. The number of carbonyl (C=O) groups excluding carboxylic acids is 1. The Hall–Kier alpha value is -1.05. The summed E-state index contributed by atoms with van der Waals surface area (Å²) in [4.78, 5) is 11.7. The van der Waals surface area contributed by atoms with E-state index in [2.05, 4.69) is 13.8 Å². The Morgan fingerprint density at radius 2 is 0.844 bits per heavy atom. The predicted octanol–water partition coefficient (Wildman–Crippen LogP) is 10.6. The monoisotopic (exact) mass is 448 g/mol. The lowest BCUT2D eigenvalue weighted by molar-refractivity contribution is -0.132. The number of carbonyl (C=O) groups is 1. The number of esters is 1. The average Bonchev–Trinajstić information content (AvgIpc) is 2.80. The highest BCUT2D eigenvalue weighted by Crippen LogP contribution is 2.13. The minimum atomic E-state index is -0.244. The zero-order valence-corrected chi connectivity index (χ0v) is 21.9. The van der Waals surface area contributed by atoms with Crippen molar-refractivity contribution in [3.63, 3.8) is 0 Å². The maximum Gasteiger partial charge on any atom is 0.335 e. The third kappa shape index (κ3) is 27.0. The normalized spacial score (nSPS) is 11.7. The molecule has 0 aromatic carbocycles. The molecule has 2 nitrogen and oxygen atoms in total. The topological polar surface area (TPSA) is 26.3 Å². The molecule has 0 radical (unpaired) electrons. The molecule has 32 heavy (non-hydrogen) atoms. The lowest BCUT2D eigenvalue weighted by Gasteiger charge is -2.02. The molecule has 0 N–H and O–H groups in total. The van der Waals surface area contributed by atoms with E-state index in [1.165, 1.54) is 135 Å². The van der Waals surface area contributed by atoms with Crippen LogP contribution in [0, 0.1) is 0 Å². The van der Waals surface area contributed by atoms with Crippen LogP contribution in [0.25, 0.3) is 0 Å². The molecule has 0 saturated carbocycles. The fourth-order valence-electron chi connectivity index (χ4n) is 4.08. The van der Waals surface area contributed by atoms with Gasteiger partial charge in [0.25, 0.3) is 0 Å². The van der Waals surface area contributed by atoms with Gasteiger partial charge < -0.3 is 4.74 Å². The van der Waals surface area contributed by atoms with Crippen LogP contribution in [0.3, 0.4) is 0 Å². The van der Waals surface area contributed by atoms with Gasteiger partial charge >= 0.3 is 5.97 Å². The molecule has 2 heteroatoms. The molecule has 0 rings (SSSR count). The van der Waals surface area contributed by atoms with Crippen molar-refractivity contribution in [2.24, 2.45) is 0 Å². The minimum absolute atomic E-state index is 0.244. The van der Waals surface area contributed by atoms with Gasteiger partial charge in [0.1, 0.15) is 0 Å². The molecule has 0 aromatic rings. The third-order valence-electron chi connectivity index (χ3n) is 6.23. The van der Waals surface area contributed by atoms with Crippen molar-refractivity contribution in [2.45, 2.75) is 162 Å². The quantitative estimate of drug-likeness (QED) is 0.0600. The molecule has 0 fully saturated rings. The van der Waals surface area contributed by atoms with Crippen LogP contribution in [-0.2, 0) is 9.53 Å². The van der Waals surface area contributed by atoms with E-state index in [-0.39, 0.29) is 5.97 Å². The summed E-state index contributed by atoms with van der Waals surface area (Å²) in [5.74, 6) is -0.244. The molecular formula is C30H56O2. The second-order valence-corrected chi connectivity index (χ2v) is 9.51. The first-order valence-corrected chi connectivity index (χ1v) is 14.3. The number of unbranched alkanes of at least 4 members (excludes halogenated alkanes) is 21. The van der Waals surface area contributed by atoms with E-state index in [0.717, 1.165) is 12.8 Å². The van der Waals surface area contributed by atoms with Crippen LogP contribution in [0.5, 0.6) is 0 Å². The van der Waals surface area contributed by atoms with Crippen molar-refractivity contribution in [2.75, 3.05) is 0 Å². The molecule has 0 saturated heterocycles. The van der Waals surface area contributed by atoms with Gasteiger partial charge in [0.15, 0.2) is 0 Å². The number of allylic oxidation sites excluding steroid dienone is 2. The van der Waals surface area contributed by atoms with Crippen LogP contribution in [0.1, 0.15) is 162 Å². The van der Waals surface area contributed by atoms with Gasteiger partial charge in [-0.25, -0.2) is 4.79 Å². The average molecular weight is 449 g/mol. The van der Waals surface area contributed by atoms with E-state index in [1.54, 1.807) is 12.3 Å². The molecule has 0 aliphatic carbocycles. The largest absolute Gasteiger partial charge is 0.432 e.